The van der Waals surface area contributed by atoms with Gasteiger partial charge < -0.3 is 4.57 Å². The van der Waals surface area contributed by atoms with Crippen LogP contribution in [0.2, 0.25) is 0 Å². The van der Waals surface area contributed by atoms with Gasteiger partial charge in [-0.3, -0.25) is 9.69 Å². The molecular weight excluding hydrogens is 294 g/mol. The molecule has 5 heteroatoms. The smallest absolute Gasteiger partial charge is 0.259 e. The Labute approximate surface area is 131 Å². The SMILES string of the molecule is N#CC1c2cccn2-c2sccc2N1C(=O)c1ccccc1. The zero-order valence-corrected chi connectivity index (χ0v) is 12.3. The molecule has 1 amide bonds. The number of rotatable bonds is 1. The van der Waals surface area contributed by atoms with E-state index >= 15 is 0 Å². The van der Waals surface area contributed by atoms with E-state index in [4.69, 9.17) is 0 Å². The average Bonchev–Trinajstić information content (AvgIpc) is 3.22. The second kappa shape index (κ2) is 4.86. The summed E-state index contributed by atoms with van der Waals surface area (Å²) in [6.07, 6.45) is 1.93. The maximum Gasteiger partial charge on any atom is 0.259 e. The van der Waals surface area contributed by atoms with Gasteiger partial charge >= 0.3 is 0 Å². The lowest BCUT2D eigenvalue weighted by atomic mass is 10.1. The Morgan fingerprint density at radius 1 is 1.14 bits per heavy atom. The number of anilines is 1. The number of thiophene rings is 1. The van der Waals surface area contributed by atoms with Crippen LogP contribution in [-0.4, -0.2) is 10.5 Å². The third kappa shape index (κ3) is 1.71. The van der Waals surface area contributed by atoms with Gasteiger partial charge in [0.05, 0.1) is 17.5 Å². The van der Waals surface area contributed by atoms with Crippen molar-refractivity contribution in [1.82, 2.24) is 4.57 Å². The normalized spacial score (nSPS) is 15.8. The highest BCUT2D eigenvalue weighted by molar-refractivity contribution is 7.13. The van der Waals surface area contributed by atoms with Crippen molar-refractivity contribution in [2.24, 2.45) is 0 Å². The zero-order chi connectivity index (χ0) is 15.1. The van der Waals surface area contributed by atoms with Gasteiger partial charge in [0.15, 0.2) is 6.04 Å². The van der Waals surface area contributed by atoms with Gasteiger partial charge in [-0.25, -0.2) is 0 Å². The Kier molecular flexibility index (Phi) is 2.84. The number of nitriles is 1. The Morgan fingerprint density at radius 2 is 1.95 bits per heavy atom. The van der Waals surface area contributed by atoms with E-state index in [-0.39, 0.29) is 5.91 Å². The van der Waals surface area contributed by atoms with Crippen molar-refractivity contribution in [2.45, 2.75) is 6.04 Å². The van der Waals surface area contributed by atoms with Crippen molar-refractivity contribution < 1.29 is 4.79 Å². The first-order chi connectivity index (χ1) is 10.8. The number of nitrogens with zero attached hydrogens (tertiary/aromatic N) is 3. The van der Waals surface area contributed by atoms with Crippen molar-refractivity contribution >= 4 is 22.9 Å². The lowest BCUT2D eigenvalue weighted by molar-refractivity contribution is 0.0980. The van der Waals surface area contributed by atoms with E-state index in [9.17, 15) is 10.1 Å². The van der Waals surface area contributed by atoms with Crippen LogP contribution in [0, 0.1) is 11.3 Å². The summed E-state index contributed by atoms with van der Waals surface area (Å²) in [4.78, 5) is 14.5. The predicted molar refractivity (Wildman–Crippen MR) is 85.3 cm³/mol. The molecule has 0 aliphatic carbocycles. The highest BCUT2D eigenvalue weighted by Crippen LogP contribution is 2.42. The molecule has 0 N–H and O–H groups in total. The quantitative estimate of drug-likeness (QED) is 0.687. The fourth-order valence-corrected chi connectivity index (χ4v) is 3.69. The summed E-state index contributed by atoms with van der Waals surface area (Å²) in [7, 11) is 0. The van der Waals surface area contributed by atoms with Gasteiger partial charge in [0.2, 0.25) is 0 Å². The molecule has 0 fully saturated rings. The standard InChI is InChI=1S/C17H11N3OS/c18-11-15-13-7-4-9-19(13)17-14(8-10-22-17)20(15)16(21)12-5-2-1-3-6-12/h1-10,15H. The highest BCUT2D eigenvalue weighted by atomic mass is 32.1. The van der Waals surface area contributed by atoms with E-state index in [1.807, 2.05) is 52.5 Å². The van der Waals surface area contributed by atoms with E-state index in [1.165, 1.54) is 0 Å². The fraction of sp³-hybridized carbons (Fsp3) is 0.0588. The van der Waals surface area contributed by atoms with E-state index in [2.05, 4.69) is 6.07 Å². The summed E-state index contributed by atoms with van der Waals surface area (Å²) in [6.45, 7) is 0. The van der Waals surface area contributed by atoms with Gasteiger partial charge in [-0.2, -0.15) is 5.26 Å². The van der Waals surface area contributed by atoms with Gasteiger partial charge in [-0.05, 0) is 35.7 Å². The molecule has 4 nitrogen and oxygen atoms in total. The lowest BCUT2D eigenvalue weighted by Gasteiger charge is -2.32. The lowest BCUT2D eigenvalue weighted by Crippen LogP contribution is -2.38. The molecule has 0 spiro atoms. The van der Waals surface area contributed by atoms with Crippen LogP contribution < -0.4 is 4.90 Å². The minimum Gasteiger partial charge on any atom is -0.308 e. The number of hydrogen-bond donors (Lipinski definition) is 0. The van der Waals surface area contributed by atoms with Crippen molar-refractivity contribution in [3.8, 4) is 11.1 Å². The molecule has 1 aliphatic rings. The van der Waals surface area contributed by atoms with Gasteiger partial charge in [-0.1, -0.05) is 18.2 Å². The second-order valence-electron chi connectivity index (χ2n) is 4.99. The van der Waals surface area contributed by atoms with Crippen LogP contribution in [0.4, 0.5) is 5.69 Å². The number of hydrogen-bond acceptors (Lipinski definition) is 3. The highest BCUT2D eigenvalue weighted by Gasteiger charge is 2.36. The van der Waals surface area contributed by atoms with Crippen molar-refractivity contribution in [2.75, 3.05) is 4.90 Å². The first-order valence-corrected chi connectivity index (χ1v) is 7.72. The van der Waals surface area contributed by atoms with Gasteiger partial charge in [-0.15, -0.1) is 11.3 Å². The zero-order valence-electron chi connectivity index (χ0n) is 11.5. The van der Waals surface area contributed by atoms with Crippen LogP contribution in [-0.2, 0) is 0 Å². The maximum atomic E-state index is 12.9. The molecule has 0 saturated heterocycles. The monoisotopic (exact) mass is 305 g/mol. The number of benzene rings is 1. The van der Waals surface area contributed by atoms with Crippen LogP contribution in [0.3, 0.4) is 0 Å². The van der Waals surface area contributed by atoms with E-state index < -0.39 is 6.04 Å². The molecule has 1 atom stereocenters. The summed E-state index contributed by atoms with van der Waals surface area (Å²) < 4.78 is 1.99. The summed E-state index contributed by atoms with van der Waals surface area (Å²) in [5.41, 5.74) is 2.19. The number of aromatic nitrogens is 1. The van der Waals surface area contributed by atoms with E-state index in [0.29, 0.717) is 5.56 Å². The molecule has 22 heavy (non-hydrogen) atoms. The molecule has 0 saturated carbocycles. The predicted octanol–water partition coefficient (Wildman–Crippen LogP) is 3.76. The summed E-state index contributed by atoms with van der Waals surface area (Å²) >= 11 is 1.56. The summed E-state index contributed by atoms with van der Waals surface area (Å²) in [6, 6.07) is 16.4. The first kappa shape index (κ1) is 12.9. The van der Waals surface area contributed by atoms with Crippen LogP contribution in [0.5, 0.6) is 0 Å². The minimum absolute atomic E-state index is 0.153. The summed E-state index contributed by atoms with van der Waals surface area (Å²) in [5, 5.41) is 12.5. The molecule has 106 valence electrons. The molecule has 2 aromatic heterocycles. The van der Waals surface area contributed by atoms with Crippen LogP contribution in [0.25, 0.3) is 5.00 Å². The Hall–Kier alpha value is -2.84. The molecule has 4 rings (SSSR count). The Balaban J connectivity index is 1.90. The fourth-order valence-electron chi connectivity index (χ4n) is 2.80. The molecular formula is C17H11N3OS. The number of fused-ring (bicyclic) bond motifs is 3. The van der Waals surface area contributed by atoms with Gasteiger partial charge in [0.25, 0.3) is 5.91 Å². The van der Waals surface area contributed by atoms with Crippen molar-refractivity contribution in [3.05, 3.63) is 71.4 Å². The van der Waals surface area contributed by atoms with Crippen LogP contribution in [0.15, 0.2) is 60.1 Å². The maximum absolute atomic E-state index is 12.9. The van der Waals surface area contributed by atoms with Crippen LogP contribution in [0.1, 0.15) is 22.1 Å². The molecule has 3 heterocycles. The average molecular weight is 305 g/mol. The molecule has 0 bridgehead atoms. The topological polar surface area (TPSA) is 49.0 Å². The molecule has 1 aromatic carbocycles. The largest absolute Gasteiger partial charge is 0.308 e. The van der Waals surface area contributed by atoms with E-state index in [0.717, 1.165) is 16.4 Å². The third-order valence-corrected chi connectivity index (χ3v) is 4.68. The van der Waals surface area contributed by atoms with Gasteiger partial charge in [0, 0.05) is 11.8 Å². The minimum atomic E-state index is -0.621. The molecule has 0 radical (unpaired) electrons. The number of carbonyl (C=O) groups excluding carboxylic acids is 1. The van der Waals surface area contributed by atoms with Crippen LogP contribution >= 0.6 is 11.3 Å². The summed E-state index contributed by atoms with van der Waals surface area (Å²) in [5.74, 6) is -0.153. The second-order valence-corrected chi connectivity index (χ2v) is 5.88. The Morgan fingerprint density at radius 3 is 2.73 bits per heavy atom. The first-order valence-electron chi connectivity index (χ1n) is 6.84. The molecule has 1 unspecified atom stereocenters. The number of amides is 1. The molecule has 1 aliphatic heterocycles. The number of carbonyl (C=O) groups is 1. The van der Waals surface area contributed by atoms with Crippen molar-refractivity contribution in [3.63, 3.8) is 0 Å². The van der Waals surface area contributed by atoms with E-state index in [1.54, 1.807) is 28.4 Å². The molecule has 3 aromatic rings. The van der Waals surface area contributed by atoms with Gasteiger partial charge in [0.1, 0.15) is 5.00 Å². The van der Waals surface area contributed by atoms with Crippen molar-refractivity contribution in [1.29, 1.82) is 5.26 Å². The Bertz CT molecular complexity index is 888. The third-order valence-electron chi connectivity index (χ3n) is 3.78.